The summed E-state index contributed by atoms with van der Waals surface area (Å²) in [5.41, 5.74) is 1.08. The molecule has 96 valence electrons. The lowest BCUT2D eigenvalue weighted by Gasteiger charge is -1.99. The van der Waals surface area contributed by atoms with Crippen molar-refractivity contribution in [3.05, 3.63) is 24.2 Å². The lowest BCUT2D eigenvalue weighted by atomic mass is 10.1. The van der Waals surface area contributed by atoms with Gasteiger partial charge in [-0.05, 0) is 31.8 Å². The molecule has 0 radical (unpaired) electrons. The second-order valence-electron chi connectivity index (χ2n) is 4.23. The number of H-pyrrole nitrogens is 1. The molecule has 0 aliphatic carbocycles. The molecule has 0 unspecified atom stereocenters. The molecule has 1 rings (SSSR count). The topological polar surface area (TPSA) is 50.8 Å². The van der Waals surface area contributed by atoms with Crippen LogP contribution < -0.4 is 0 Å². The van der Waals surface area contributed by atoms with Gasteiger partial charge in [-0.15, -0.1) is 0 Å². The number of allylic oxidation sites excluding steroid dienone is 1. The smallest absolute Gasteiger partial charge is 0.0824 e. The number of aryl methyl sites for hydroxylation is 1. The van der Waals surface area contributed by atoms with Gasteiger partial charge in [-0.2, -0.15) is 15.4 Å². The highest BCUT2D eigenvalue weighted by Gasteiger charge is 1.95. The van der Waals surface area contributed by atoms with E-state index >= 15 is 0 Å². The first-order valence-corrected chi connectivity index (χ1v) is 6.46. The van der Waals surface area contributed by atoms with Crippen molar-refractivity contribution in [2.75, 3.05) is 7.11 Å². The number of aromatic nitrogens is 3. The van der Waals surface area contributed by atoms with Crippen molar-refractivity contribution in [3.63, 3.8) is 0 Å². The second-order valence-corrected chi connectivity index (χ2v) is 4.23. The van der Waals surface area contributed by atoms with Gasteiger partial charge in [0.15, 0.2) is 0 Å². The minimum Gasteiger partial charge on any atom is -0.505 e. The van der Waals surface area contributed by atoms with Crippen LogP contribution in [0.5, 0.6) is 0 Å². The zero-order valence-electron chi connectivity index (χ0n) is 10.7. The molecule has 1 N–H and O–H groups in total. The normalized spacial score (nSPS) is 11.1. The molecule has 0 aliphatic heterocycles. The SMILES string of the molecule is COC=CCCCCCCCCc1cn[nH]n1. The Kier molecular flexibility index (Phi) is 7.98. The maximum Gasteiger partial charge on any atom is 0.0824 e. The zero-order chi connectivity index (χ0) is 12.2. The summed E-state index contributed by atoms with van der Waals surface area (Å²) >= 11 is 0. The Bertz CT molecular complexity index is 283. The summed E-state index contributed by atoms with van der Waals surface area (Å²) in [6.45, 7) is 0. The average molecular weight is 237 g/mol. The van der Waals surface area contributed by atoms with Gasteiger partial charge in [-0.1, -0.05) is 25.7 Å². The van der Waals surface area contributed by atoms with Crippen molar-refractivity contribution in [2.24, 2.45) is 0 Å². The Morgan fingerprint density at radius 1 is 1.18 bits per heavy atom. The van der Waals surface area contributed by atoms with Crippen LogP contribution in [0.1, 0.15) is 50.6 Å². The summed E-state index contributed by atoms with van der Waals surface area (Å²) in [6, 6.07) is 0. The molecule has 0 aliphatic rings. The highest BCUT2D eigenvalue weighted by Crippen LogP contribution is 2.09. The van der Waals surface area contributed by atoms with Gasteiger partial charge in [0.05, 0.1) is 25.3 Å². The number of unbranched alkanes of at least 4 members (excludes halogenated alkanes) is 6. The van der Waals surface area contributed by atoms with E-state index < -0.39 is 0 Å². The number of rotatable bonds is 10. The molecule has 4 heteroatoms. The number of methoxy groups -OCH3 is 1. The fourth-order valence-corrected chi connectivity index (χ4v) is 1.79. The summed E-state index contributed by atoms with van der Waals surface area (Å²) in [5, 5.41) is 10.5. The van der Waals surface area contributed by atoms with Crippen LogP contribution in [0.4, 0.5) is 0 Å². The number of nitrogens with zero attached hydrogens (tertiary/aromatic N) is 2. The molecule has 4 nitrogen and oxygen atoms in total. The molecule has 1 aromatic rings. The van der Waals surface area contributed by atoms with Crippen LogP contribution in [0, 0.1) is 0 Å². The Morgan fingerprint density at radius 3 is 2.65 bits per heavy atom. The molecule has 0 spiro atoms. The molecule has 1 heterocycles. The largest absolute Gasteiger partial charge is 0.505 e. The third kappa shape index (κ3) is 7.55. The molecule has 0 saturated carbocycles. The van der Waals surface area contributed by atoms with E-state index in [-0.39, 0.29) is 0 Å². The standard InChI is InChI=1S/C13H23N3O/c1-17-11-9-7-5-3-2-4-6-8-10-13-12-14-16-15-13/h9,11-12H,2-8,10H2,1H3,(H,14,15,16). The molecule has 0 aromatic carbocycles. The molecular formula is C13H23N3O. The maximum atomic E-state index is 4.84. The first kappa shape index (κ1) is 13.7. The Labute approximate surface area is 103 Å². The second kappa shape index (κ2) is 9.87. The predicted molar refractivity (Wildman–Crippen MR) is 68.6 cm³/mol. The molecular weight excluding hydrogens is 214 g/mol. The summed E-state index contributed by atoms with van der Waals surface area (Å²) in [5.74, 6) is 0. The summed E-state index contributed by atoms with van der Waals surface area (Å²) in [7, 11) is 1.69. The molecule has 0 amide bonds. The fraction of sp³-hybridized carbons (Fsp3) is 0.692. The Hall–Kier alpha value is -1.32. The van der Waals surface area contributed by atoms with Crippen molar-refractivity contribution in [3.8, 4) is 0 Å². The van der Waals surface area contributed by atoms with E-state index in [0.29, 0.717) is 0 Å². The van der Waals surface area contributed by atoms with Crippen LogP contribution in [0.25, 0.3) is 0 Å². The van der Waals surface area contributed by atoms with Crippen LogP contribution in [0.15, 0.2) is 18.5 Å². The molecule has 0 bridgehead atoms. The Morgan fingerprint density at radius 2 is 1.94 bits per heavy atom. The first-order chi connectivity index (χ1) is 8.43. The van der Waals surface area contributed by atoms with E-state index in [9.17, 15) is 0 Å². The summed E-state index contributed by atoms with van der Waals surface area (Å²) in [6.07, 6.45) is 15.6. The third-order valence-electron chi connectivity index (χ3n) is 2.75. The van der Waals surface area contributed by atoms with Gasteiger partial charge < -0.3 is 4.74 Å². The minimum absolute atomic E-state index is 1.05. The van der Waals surface area contributed by atoms with Gasteiger partial charge in [0, 0.05) is 0 Å². The Balaban J connectivity index is 1.80. The summed E-state index contributed by atoms with van der Waals surface area (Å²) < 4.78 is 4.84. The number of nitrogens with one attached hydrogen (secondary N) is 1. The van der Waals surface area contributed by atoms with Gasteiger partial charge in [0.1, 0.15) is 0 Å². The van der Waals surface area contributed by atoms with Gasteiger partial charge in [0.2, 0.25) is 0 Å². The zero-order valence-corrected chi connectivity index (χ0v) is 10.7. The maximum absolute atomic E-state index is 4.84. The van der Waals surface area contributed by atoms with Crippen molar-refractivity contribution in [1.82, 2.24) is 15.4 Å². The quantitative estimate of drug-likeness (QED) is 0.502. The third-order valence-corrected chi connectivity index (χ3v) is 2.75. The number of ether oxygens (including phenoxy) is 1. The molecule has 17 heavy (non-hydrogen) atoms. The lowest BCUT2D eigenvalue weighted by molar-refractivity contribution is 0.336. The molecule has 0 saturated heterocycles. The van der Waals surface area contributed by atoms with Crippen molar-refractivity contribution < 1.29 is 4.74 Å². The van der Waals surface area contributed by atoms with Gasteiger partial charge in [-0.3, -0.25) is 0 Å². The monoisotopic (exact) mass is 237 g/mol. The van der Waals surface area contributed by atoms with Gasteiger partial charge in [0.25, 0.3) is 0 Å². The van der Waals surface area contributed by atoms with E-state index in [2.05, 4.69) is 21.5 Å². The minimum atomic E-state index is 1.05. The van der Waals surface area contributed by atoms with Crippen LogP contribution in [0.3, 0.4) is 0 Å². The molecule has 0 fully saturated rings. The van der Waals surface area contributed by atoms with Gasteiger partial charge in [-0.25, -0.2) is 0 Å². The van der Waals surface area contributed by atoms with Crippen LogP contribution in [-0.4, -0.2) is 22.5 Å². The van der Waals surface area contributed by atoms with E-state index in [1.165, 1.54) is 38.5 Å². The summed E-state index contributed by atoms with van der Waals surface area (Å²) in [4.78, 5) is 0. The molecule has 0 atom stereocenters. The van der Waals surface area contributed by atoms with E-state index in [0.717, 1.165) is 18.5 Å². The van der Waals surface area contributed by atoms with Crippen molar-refractivity contribution in [1.29, 1.82) is 0 Å². The van der Waals surface area contributed by atoms with E-state index in [4.69, 9.17) is 4.74 Å². The van der Waals surface area contributed by atoms with Gasteiger partial charge >= 0.3 is 0 Å². The average Bonchev–Trinajstić information content (AvgIpc) is 2.85. The van der Waals surface area contributed by atoms with Crippen molar-refractivity contribution >= 4 is 0 Å². The van der Waals surface area contributed by atoms with Crippen molar-refractivity contribution in [2.45, 2.75) is 51.4 Å². The number of aromatic amines is 1. The van der Waals surface area contributed by atoms with Crippen LogP contribution >= 0.6 is 0 Å². The molecule has 1 aromatic heterocycles. The highest BCUT2D eigenvalue weighted by molar-refractivity contribution is 4.89. The van der Waals surface area contributed by atoms with Crippen LogP contribution in [-0.2, 0) is 11.2 Å². The van der Waals surface area contributed by atoms with E-state index in [1.807, 2.05) is 6.20 Å². The van der Waals surface area contributed by atoms with Crippen LogP contribution in [0.2, 0.25) is 0 Å². The lowest BCUT2D eigenvalue weighted by Crippen LogP contribution is -1.86. The fourth-order valence-electron chi connectivity index (χ4n) is 1.79. The van der Waals surface area contributed by atoms with E-state index in [1.54, 1.807) is 13.4 Å². The highest BCUT2D eigenvalue weighted by atomic mass is 16.5. The number of hydrogen-bond acceptors (Lipinski definition) is 3. The first-order valence-electron chi connectivity index (χ1n) is 6.46. The number of hydrogen-bond donors (Lipinski definition) is 1. The predicted octanol–water partition coefficient (Wildman–Crippen LogP) is 3.24.